The van der Waals surface area contributed by atoms with Crippen LogP contribution >= 0.6 is 22.9 Å². The minimum Gasteiger partial charge on any atom is -0.508 e. The number of aromatic nitrogens is 2. The second-order valence-corrected chi connectivity index (χ2v) is 14.9. The summed E-state index contributed by atoms with van der Waals surface area (Å²) in [6.07, 6.45) is 2.69. The monoisotopic (exact) mass is 668 g/mol. The largest absolute Gasteiger partial charge is 0.508 e. The maximum atomic E-state index is 14.8. The van der Waals surface area contributed by atoms with Gasteiger partial charge in [-0.05, 0) is 86.4 Å². The lowest BCUT2D eigenvalue weighted by Crippen LogP contribution is -2.48. The number of carbonyl (C=O) groups is 4. The summed E-state index contributed by atoms with van der Waals surface area (Å²) >= 11 is 7.86. The van der Waals surface area contributed by atoms with Crippen LogP contribution in [0.3, 0.4) is 0 Å². The Bertz CT molecular complexity index is 2100. The number of imide groups is 2. The molecule has 1 saturated carbocycles. The van der Waals surface area contributed by atoms with Gasteiger partial charge in [0.2, 0.25) is 23.6 Å². The zero-order valence-electron chi connectivity index (χ0n) is 26.4. The maximum absolute atomic E-state index is 14.8. The topological polar surface area (TPSA) is 113 Å². The number of likely N-dealkylation sites (tertiary alicyclic amines) is 1. The first-order chi connectivity index (χ1) is 22.4. The summed E-state index contributed by atoms with van der Waals surface area (Å²) in [5.41, 5.74) is 2.05. The molecule has 2 aliphatic heterocycles. The second-order valence-electron chi connectivity index (χ2n) is 13.4. The van der Waals surface area contributed by atoms with E-state index in [0.29, 0.717) is 35.1 Å². The summed E-state index contributed by atoms with van der Waals surface area (Å²) in [6.45, 7) is 5.94. The first kappa shape index (κ1) is 30.1. The van der Waals surface area contributed by atoms with Gasteiger partial charge in [0.25, 0.3) is 0 Å². The van der Waals surface area contributed by atoms with Crippen LogP contribution in [0.25, 0.3) is 20.7 Å². The molecule has 2 aromatic heterocycles. The molecule has 2 saturated heterocycles. The average molecular weight is 669 g/mol. The highest BCUT2D eigenvalue weighted by molar-refractivity contribution is 7.22. The molecule has 240 valence electrons. The standard InChI is InChI=1S/C36H33ClN4O5S/c1-5-40-32(43)22-11-10-21-24(29(22)34(40)45)15-25-33(44)41(35(46)36(25,3)30(21)18-7-6-8-20(42)13-18)28-16-26(38-39(28)4)31-17(2)23-14-19(37)9-12-27(23)47-31/h6-10,12-14,16,22,24-25,29-30,42H,5,11,15H2,1-4H3. The molecule has 11 heteroatoms. The van der Waals surface area contributed by atoms with E-state index in [0.717, 1.165) is 26.1 Å². The number of anilines is 1. The van der Waals surface area contributed by atoms with Gasteiger partial charge in [0.15, 0.2) is 0 Å². The number of fused-ring (bicyclic) bond motifs is 5. The Balaban J connectivity index is 1.25. The van der Waals surface area contributed by atoms with Gasteiger partial charge in [-0.15, -0.1) is 11.3 Å². The zero-order chi connectivity index (χ0) is 33.1. The van der Waals surface area contributed by atoms with Crippen LogP contribution in [-0.2, 0) is 26.2 Å². The average Bonchev–Trinajstić information content (AvgIpc) is 3.71. The van der Waals surface area contributed by atoms with Crippen molar-refractivity contribution in [3.63, 3.8) is 0 Å². The SMILES string of the molecule is CCN1C(=O)C2CC=C3C(CC4C(=O)N(c5cc(-c6sc7ccc(Cl)cc7c6C)nn5C)C(=O)C4(C)C3c3cccc(O)c3)C2C1=O. The van der Waals surface area contributed by atoms with Crippen molar-refractivity contribution in [2.45, 2.75) is 39.5 Å². The summed E-state index contributed by atoms with van der Waals surface area (Å²) in [5, 5.41) is 17.0. The van der Waals surface area contributed by atoms with Crippen LogP contribution in [0.15, 0.2) is 60.2 Å². The van der Waals surface area contributed by atoms with Gasteiger partial charge in [0.05, 0.1) is 28.0 Å². The van der Waals surface area contributed by atoms with Gasteiger partial charge in [-0.2, -0.15) is 5.10 Å². The lowest BCUT2D eigenvalue weighted by molar-refractivity contribution is -0.140. The number of halogens is 1. The Morgan fingerprint density at radius 2 is 1.83 bits per heavy atom. The van der Waals surface area contributed by atoms with E-state index in [1.54, 1.807) is 54.3 Å². The number of benzene rings is 2. The van der Waals surface area contributed by atoms with Crippen LogP contribution in [0, 0.1) is 36.0 Å². The van der Waals surface area contributed by atoms with E-state index in [2.05, 4.69) is 0 Å². The number of hydrogen-bond acceptors (Lipinski definition) is 7. The number of nitrogens with zero attached hydrogens (tertiary/aromatic N) is 4. The van der Waals surface area contributed by atoms with Crippen molar-refractivity contribution >= 4 is 62.5 Å². The van der Waals surface area contributed by atoms with Gasteiger partial charge >= 0.3 is 0 Å². The second kappa shape index (κ2) is 10.4. The third kappa shape index (κ3) is 4.04. The Hall–Kier alpha value is -4.28. The molecule has 6 unspecified atom stereocenters. The van der Waals surface area contributed by atoms with Crippen molar-refractivity contribution < 1.29 is 24.3 Å². The van der Waals surface area contributed by atoms with Crippen molar-refractivity contribution in [2.75, 3.05) is 11.4 Å². The molecule has 47 heavy (non-hydrogen) atoms. The van der Waals surface area contributed by atoms with Crippen molar-refractivity contribution in [3.05, 3.63) is 76.3 Å². The first-order valence-electron chi connectivity index (χ1n) is 15.9. The van der Waals surface area contributed by atoms with E-state index in [4.69, 9.17) is 16.7 Å². The molecule has 8 rings (SSSR count). The summed E-state index contributed by atoms with van der Waals surface area (Å²) in [4.78, 5) is 59.9. The number of aromatic hydroxyl groups is 1. The van der Waals surface area contributed by atoms with Gasteiger partial charge in [-0.25, -0.2) is 4.90 Å². The Morgan fingerprint density at radius 1 is 1.04 bits per heavy atom. The van der Waals surface area contributed by atoms with Crippen molar-refractivity contribution in [3.8, 4) is 16.3 Å². The number of phenolic OH excluding ortho intramolecular Hbond substituents is 1. The molecule has 4 aromatic rings. The Morgan fingerprint density at radius 3 is 2.57 bits per heavy atom. The number of thiophene rings is 1. The molecule has 1 N–H and O–H groups in total. The highest BCUT2D eigenvalue weighted by Crippen LogP contribution is 2.63. The van der Waals surface area contributed by atoms with Gasteiger partial charge in [0, 0.05) is 35.3 Å². The third-order valence-electron chi connectivity index (χ3n) is 11.1. The lowest BCUT2D eigenvalue weighted by Gasteiger charge is -2.49. The highest BCUT2D eigenvalue weighted by Gasteiger charge is 2.67. The summed E-state index contributed by atoms with van der Waals surface area (Å²) in [5.74, 6) is -3.44. The lowest BCUT2D eigenvalue weighted by atomic mass is 9.51. The molecule has 2 aliphatic carbocycles. The van der Waals surface area contributed by atoms with E-state index >= 15 is 0 Å². The fraction of sp³-hybridized carbons (Fsp3) is 0.361. The fourth-order valence-electron chi connectivity index (χ4n) is 8.91. The van der Waals surface area contributed by atoms with Crippen LogP contribution in [0.4, 0.5) is 5.82 Å². The van der Waals surface area contributed by atoms with E-state index in [1.807, 2.05) is 44.2 Å². The van der Waals surface area contributed by atoms with E-state index in [1.165, 1.54) is 9.80 Å². The van der Waals surface area contributed by atoms with Crippen molar-refractivity contribution in [1.29, 1.82) is 0 Å². The van der Waals surface area contributed by atoms with Gasteiger partial charge in [0.1, 0.15) is 17.3 Å². The van der Waals surface area contributed by atoms with Crippen LogP contribution in [0.2, 0.25) is 5.02 Å². The fourth-order valence-corrected chi connectivity index (χ4v) is 10.2. The summed E-state index contributed by atoms with van der Waals surface area (Å²) in [6, 6.07) is 14.4. The molecule has 4 heterocycles. The minimum absolute atomic E-state index is 0.0493. The van der Waals surface area contributed by atoms with Crippen LogP contribution in [0.1, 0.15) is 43.7 Å². The molecule has 0 bridgehead atoms. The molecule has 0 radical (unpaired) electrons. The molecule has 4 aliphatic rings. The molecule has 2 aromatic carbocycles. The number of hydrogen-bond donors (Lipinski definition) is 1. The van der Waals surface area contributed by atoms with Gasteiger partial charge in [-0.3, -0.25) is 28.8 Å². The molecular formula is C36H33ClN4O5S. The first-order valence-corrected chi connectivity index (χ1v) is 17.1. The van der Waals surface area contributed by atoms with Gasteiger partial charge in [-0.1, -0.05) is 35.4 Å². The number of phenols is 1. The predicted molar refractivity (Wildman–Crippen MR) is 179 cm³/mol. The quantitative estimate of drug-likeness (QED) is 0.204. The molecule has 6 atom stereocenters. The smallest absolute Gasteiger partial charge is 0.242 e. The van der Waals surface area contributed by atoms with Crippen LogP contribution in [-0.4, -0.2) is 50.0 Å². The number of aryl methyl sites for hydroxylation is 2. The Labute approximate surface area is 280 Å². The van der Waals surface area contributed by atoms with Crippen molar-refractivity contribution in [2.24, 2.45) is 36.1 Å². The summed E-state index contributed by atoms with van der Waals surface area (Å²) < 4.78 is 2.64. The third-order valence-corrected chi connectivity index (χ3v) is 12.6. The van der Waals surface area contributed by atoms with Crippen molar-refractivity contribution in [1.82, 2.24) is 14.7 Å². The number of rotatable bonds is 4. The predicted octanol–water partition coefficient (Wildman–Crippen LogP) is 6.22. The van der Waals surface area contributed by atoms with E-state index in [9.17, 15) is 24.3 Å². The minimum atomic E-state index is -1.20. The molecule has 0 spiro atoms. The molecule has 9 nitrogen and oxygen atoms in total. The van der Waals surface area contributed by atoms with Gasteiger partial charge < -0.3 is 5.11 Å². The summed E-state index contributed by atoms with van der Waals surface area (Å²) in [7, 11) is 1.73. The Kier molecular flexibility index (Phi) is 6.63. The van der Waals surface area contributed by atoms with E-state index < -0.39 is 29.1 Å². The number of allylic oxidation sites excluding steroid dienone is 2. The van der Waals surface area contributed by atoms with Crippen LogP contribution in [0.5, 0.6) is 5.75 Å². The molecule has 3 fully saturated rings. The normalized spacial score (nSPS) is 28.6. The molecule has 4 amide bonds. The number of carbonyl (C=O) groups excluding carboxylic acids is 4. The zero-order valence-corrected chi connectivity index (χ0v) is 27.9. The maximum Gasteiger partial charge on any atom is 0.242 e. The molecular weight excluding hydrogens is 636 g/mol. The van der Waals surface area contributed by atoms with E-state index in [-0.39, 0.29) is 41.7 Å². The van der Waals surface area contributed by atoms with Crippen LogP contribution < -0.4 is 4.90 Å². The number of amides is 4. The highest BCUT2D eigenvalue weighted by atomic mass is 35.5.